The van der Waals surface area contributed by atoms with E-state index in [9.17, 15) is 27.9 Å². The van der Waals surface area contributed by atoms with Gasteiger partial charge in [0.2, 0.25) is 5.78 Å². The predicted octanol–water partition coefficient (Wildman–Crippen LogP) is 2.60. The normalized spacial score (nSPS) is 22.4. The van der Waals surface area contributed by atoms with E-state index in [0.29, 0.717) is 25.3 Å². The quantitative estimate of drug-likeness (QED) is 0.444. The number of nitrogens with zero attached hydrogens (tertiary/aromatic N) is 1. The maximum absolute atomic E-state index is 12.9. The van der Waals surface area contributed by atoms with E-state index in [-0.39, 0.29) is 47.6 Å². The fourth-order valence-electron chi connectivity index (χ4n) is 3.57. The molecule has 0 radical (unpaired) electrons. The number of carbonyl (C=O) groups excluding carboxylic acids is 2. The number of rotatable bonds is 6. The van der Waals surface area contributed by atoms with Crippen LogP contribution in [0.25, 0.3) is 0 Å². The van der Waals surface area contributed by atoms with Gasteiger partial charge in [-0.25, -0.2) is 4.98 Å². The van der Waals surface area contributed by atoms with E-state index in [2.05, 4.69) is 4.98 Å². The predicted molar refractivity (Wildman–Crippen MR) is 85.8 cm³/mol. The highest BCUT2D eigenvalue weighted by Crippen LogP contribution is 2.43. The lowest BCUT2D eigenvalue weighted by Gasteiger charge is -2.21. The molecule has 0 aliphatic heterocycles. The Morgan fingerprint density at radius 2 is 1.96 bits per heavy atom. The topological polar surface area (TPSA) is 96.7 Å². The molecule has 146 valence electrons. The van der Waals surface area contributed by atoms with Crippen molar-refractivity contribution in [1.82, 2.24) is 4.98 Å². The first-order chi connectivity index (χ1) is 12.7. The van der Waals surface area contributed by atoms with Crippen LogP contribution in [0.1, 0.15) is 41.0 Å². The molecule has 0 amide bonds. The smallest absolute Gasteiger partial charge is 0.433 e. The van der Waals surface area contributed by atoms with Gasteiger partial charge in [-0.1, -0.05) is 0 Å². The molecule has 3 rings (SSSR count). The average Bonchev–Trinajstić information content (AvgIpc) is 3.07. The second kappa shape index (κ2) is 7.40. The lowest BCUT2D eigenvalue weighted by atomic mass is 9.83. The Labute approximate surface area is 152 Å². The summed E-state index contributed by atoms with van der Waals surface area (Å²) in [5.41, 5.74) is -2.08. The minimum Gasteiger partial charge on any atom is -0.511 e. The van der Waals surface area contributed by atoms with Crippen LogP contribution >= 0.6 is 0 Å². The number of ketones is 2. The van der Waals surface area contributed by atoms with Crippen molar-refractivity contribution in [2.24, 2.45) is 11.8 Å². The molecule has 1 saturated carbocycles. The number of aromatic nitrogens is 1. The van der Waals surface area contributed by atoms with E-state index in [1.807, 2.05) is 0 Å². The number of aliphatic hydroxyl groups excluding tert-OH is 2. The van der Waals surface area contributed by atoms with Crippen LogP contribution in [0.15, 0.2) is 23.5 Å². The van der Waals surface area contributed by atoms with Crippen molar-refractivity contribution in [1.29, 1.82) is 0 Å². The van der Waals surface area contributed by atoms with Crippen molar-refractivity contribution >= 4 is 11.6 Å². The van der Waals surface area contributed by atoms with Gasteiger partial charge < -0.3 is 14.9 Å². The molecule has 1 heterocycles. The van der Waals surface area contributed by atoms with Gasteiger partial charge in [0.25, 0.3) is 0 Å². The number of Topliss-reactive ketones (excluding diaryl/α,β-unsaturated/α-hetero) is 2. The van der Waals surface area contributed by atoms with Crippen LogP contribution in [-0.4, -0.2) is 40.0 Å². The van der Waals surface area contributed by atoms with Crippen LogP contribution in [0.4, 0.5) is 13.2 Å². The van der Waals surface area contributed by atoms with Crippen LogP contribution in [0.5, 0.6) is 0 Å². The lowest BCUT2D eigenvalue weighted by molar-refractivity contribution is -0.141. The third kappa shape index (κ3) is 3.74. The molecule has 6 nitrogen and oxygen atoms in total. The van der Waals surface area contributed by atoms with Gasteiger partial charge in [-0.2, -0.15) is 13.2 Å². The minimum absolute atomic E-state index is 0.150. The molecule has 27 heavy (non-hydrogen) atoms. The summed E-state index contributed by atoms with van der Waals surface area (Å²) in [6.07, 6.45) is -3.06. The van der Waals surface area contributed by atoms with Gasteiger partial charge >= 0.3 is 6.18 Å². The van der Waals surface area contributed by atoms with Crippen LogP contribution in [-0.2, 0) is 22.3 Å². The molecule has 0 saturated heterocycles. The number of halogens is 3. The highest BCUT2D eigenvalue weighted by Gasteiger charge is 2.44. The second-order valence-electron chi connectivity index (χ2n) is 6.63. The molecule has 2 bridgehead atoms. The van der Waals surface area contributed by atoms with E-state index >= 15 is 0 Å². The molecule has 2 aliphatic carbocycles. The third-order valence-corrected chi connectivity index (χ3v) is 4.90. The van der Waals surface area contributed by atoms with Crippen LogP contribution in [0.2, 0.25) is 0 Å². The van der Waals surface area contributed by atoms with Gasteiger partial charge in [0, 0.05) is 17.4 Å². The molecule has 1 aromatic rings. The van der Waals surface area contributed by atoms with Gasteiger partial charge in [-0.05, 0) is 31.4 Å². The van der Waals surface area contributed by atoms with Crippen molar-refractivity contribution in [3.05, 3.63) is 40.4 Å². The number of aliphatic hydroxyl groups is 2. The Morgan fingerprint density at radius 1 is 1.26 bits per heavy atom. The van der Waals surface area contributed by atoms with Gasteiger partial charge in [0.1, 0.15) is 17.0 Å². The van der Waals surface area contributed by atoms with Gasteiger partial charge in [-0.15, -0.1) is 0 Å². The highest BCUT2D eigenvalue weighted by atomic mass is 19.4. The molecule has 1 fully saturated rings. The fourth-order valence-corrected chi connectivity index (χ4v) is 3.57. The zero-order valence-electron chi connectivity index (χ0n) is 14.3. The number of allylic oxidation sites excluding steroid dienone is 2. The Morgan fingerprint density at radius 3 is 2.63 bits per heavy atom. The molecular weight excluding hydrogens is 367 g/mol. The molecule has 2 aliphatic rings. The summed E-state index contributed by atoms with van der Waals surface area (Å²) in [4.78, 5) is 28.9. The fraction of sp³-hybridized carbons (Fsp3) is 0.500. The SMILES string of the molecule is O=C(C1=C(O)C2CCC(C2)C1=O)c1ccc(C(F)(F)F)nc1COCCO. The zero-order valence-corrected chi connectivity index (χ0v) is 14.3. The maximum Gasteiger partial charge on any atom is 0.433 e. The van der Waals surface area contributed by atoms with Gasteiger partial charge in [0.15, 0.2) is 5.78 Å². The van der Waals surface area contributed by atoms with Crippen LogP contribution < -0.4 is 0 Å². The van der Waals surface area contributed by atoms with Crippen LogP contribution in [0, 0.1) is 11.8 Å². The van der Waals surface area contributed by atoms with Gasteiger partial charge in [0.05, 0.1) is 25.5 Å². The van der Waals surface area contributed by atoms with E-state index in [1.54, 1.807) is 0 Å². The Balaban J connectivity index is 2.00. The second-order valence-corrected chi connectivity index (χ2v) is 6.63. The number of pyridine rings is 1. The summed E-state index contributed by atoms with van der Waals surface area (Å²) in [7, 11) is 0. The van der Waals surface area contributed by atoms with E-state index < -0.39 is 30.0 Å². The highest BCUT2D eigenvalue weighted by molar-refractivity contribution is 6.28. The number of hydrogen-bond acceptors (Lipinski definition) is 6. The number of ether oxygens (including phenoxy) is 1. The number of carbonyl (C=O) groups is 2. The number of hydrogen-bond donors (Lipinski definition) is 2. The zero-order chi connectivity index (χ0) is 19.8. The van der Waals surface area contributed by atoms with Crippen molar-refractivity contribution in [3.63, 3.8) is 0 Å². The van der Waals surface area contributed by atoms with Crippen molar-refractivity contribution in [3.8, 4) is 0 Å². The Hall–Kier alpha value is -2.26. The summed E-state index contributed by atoms with van der Waals surface area (Å²) in [5.74, 6) is -2.24. The van der Waals surface area contributed by atoms with E-state index in [1.165, 1.54) is 0 Å². The molecule has 2 atom stereocenters. The Bertz CT molecular complexity index is 803. The largest absolute Gasteiger partial charge is 0.511 e. The number of alkyl halides is 3. The van der Waals surface area contributed by atoms with Crippen molar-refractivity contribution in [2.75, 3.05) is 13.2 Å². The van der Waals surface area contributed by atoms with Gasteiger partial charge in [-0.3, -0.25) is 9.59 Å². The summed E-state index contributed by atoms with van der Waals surface area (Å²) in [5, 5.41) is 19.1. The molecule has 0 spiro atoms. The maximum atomic E-state index is 12.9. The molecule has 2 N–H and O–H groups in total. The lowest BCUT2D eigenvalue weighted by Crippen LogP contribution is -2.28. The molecular formula is C18H18F3NO5. The first kappa shape index (κ1) is 19.5. The summed E-state index contributed by atoms with van der Waals surface area (Å²) >= 11 is 0. The number of fused-ring (bicyclic) bond motifs is 2. The van der Waals surface area contributed by atoms with Crippen molar-refractivity contribution < 1.29 is 37.7 Å². The summed E-state index contributed by atoms with van der Waals surface area (Å²) < 4.78 is 43.9. The molecule has 1 aromatic heterocycles. The monoisotopic (exact) mass is 385 g/mol. The average molecular weight is 385 g/mol. The van der Waals surface area contributed by atoms with Crippen LogP contribution in [0.3, 0.4) is 0 Å². The summed E-state index contributed by atoms with van der Waals surface area (Å²) in [6, 6.07) is 1.60. The third-order valence-electron chi connectivity index (χ3n) is 4.90. The molecule has 9 heteroatoms. The van der Waals surface area contributed by atoms with E-state index in [4.69, 9.17) is 9.84 Å². The Kier molecular flexibility index (Phi) is 5.34. The van der Waals surface area contributed by atoms with E-state index in [0.717, 1.165) is 6.07 Å². The first-order valence-electron chi connectivity index (χ1n) is 8.51. The summed E-state index contributed by atoms with van der Waals surface area (Å²) in [6.45, 7) is -0.945. The molecule has 0 aromatic carbocycles. The standard InChI is InChI=1S/C18H18F3NO5/c19-18(20,21)13-4-3-11(12(22-13)8-27-6-5-23)17(26)14-15(24)9-1-2-10(7-9)16(14)25/h3-4,9-10,23-24H,1-2,5-8H2. The van der Waals surface area contributed by atoms with Crippen molar-refractivity contribution in [2.45, 2.75) is 32.0 Å². The molecule has 2 unspecified atom stereocenters. The minimum atomic E-state index is -4.71. The first-order valence-corrected chi connectivity index (χ1v) is 8.51.